The first-order valence-corrected chi connectivity index (χ1v) is 6.25. The second kappa shape index (κ2) is 5.36. The number of nitrogens with one attached hydrogen (secondary N) is 1. The Bertz CT molecular complexity index is 646. The zero-order valence-corrected chi connectivity index (χ0v) is 11.7. The van der Waals surface area contributed by atoms with Crippen molar-refractivity contribution in [3.63, 3.8) is 0 Å². The summed E-state index contributed by atoms with van der Waals surface area (Å²) in [5.41, 5.74) is 7.41. The van der Waals surface area contributed by atoms with Crippen LogP contribution in [0.1, 0.15) is 15.9 Å². The summed E-state index contributed by atoms with van der Waals surface area (Å²) in [5, 5.41) is 2.49. The van der Waals surface area contributed by atoms with Crippen LogP contribution in [-0.2, 0) is 0 Å². The van der Waals surface area contributed by atoms with Gasteiger partial charge in [-0.3, -0.25) is 9.78 Å². The zero-order valence-electron chi connectivity index (χ0n) is 10.1. The molecule has 0 fully saturated rings. The maximum atomic E-state index is 13.4. The monoisotopic (exact) mass is 323 g/mol. The number of halogens is 2. The lowest BCUT2D eigenvalue weighted by Gasteiger charge is -2.10. The van der Waals surface area contributed by atoms with Gasteiger partial charge < -0.3 is 11.1 Å². The maximum absolute atomic E-state index is 13.4. The van der Waals surface area contributed by atoms with Gasteiger partial charge in [0.2, 0.25) is 0 Å². The molecule has 98 valence electrons. The van der Waals surface area contributed by atoms with Crippen molar-refractivity contribution in [2.45, 2.75) is 6.92 Å². The molecule has 2 aromatic rings. The molecule has 0 unspecified atom stereocenters. The Kier molecular flexibility index (Phi) is 3.80. The molecule has 1 amide bonds. The molecular weight excluding hydrogens is 313 g/mol. The molecule has 1 aromatic carbocycles. The Morgan fingerprint density at radius 1 is 1.47 bits per heavy atom. The number of hydrogen-bond donors (Lipinski definition) is 2. The summed E-state index contributed by atoms with van der Waals surface area (Å²) in [6.45, 7) is 1.74. The average Bonchev–Trinajstić information content (AvgIpc) is 2.36. The second-order valence-corrected chi connectivity index (χ2v) is 4.89. The number of benzene rings is 1. The van der Waals surface area contributed by atoms with E-state index in [0.717, 1.165) is 6.20 Å². The molecule has 0 aliphatic rings. The van der Waals surface area contributed by atoms with E-state index in [-0.39, 0.29) is 5.69 Å². The summed E-state index contributed by atoms with van der Waals surface area (Å²) in [7, 11) is 0. The molecule has 0 radical (unpaired) electrons. The van der Waals surface area contributed by atoms with Gasteiger partial charge in [0, 0.05) is 21.9 Å². The quantitative estimate of drug-likeness (QED) is 0.834. The molecule has 0 bridgehead atoms. The second-order valence-electron chi connectivity index (χ2n) is 3.98. The SMILES string of the molecule is Cc1c(N)cc(Br)cc1C(=O)Nc1ccncc1F. The Balaban J connectivity index is 2.33. The highest BCUT2D eigenvalue weighted by Crippen LogP contribution is 2.24. The number of anilines is 2. The highest BCUT2D eigenvalue weighted by Gasteiger charge is 2.14. The van der Waals surface area contributed by atoms with Gasteiger partial charge in [-0.25, -0.2) is 4.39 Å². The molecule has 6 heteroatoms. The van der Waals surface area contributed by atoms with Crippen molar-refractivity contribution in [2.75, 3.05) is 11.1 Å². The highest BCUT2D eigenvalue weighted by atomic mass is 79.9. The zero-order chi connectivity index (χ0) is 14.0. The summed E-state index contributed by atoms with van der Waals surface area (Å²) < 4.78 is 14.1. The number of rotatable bonds is 2. The van der Waals surface area contributed by atoms with Crippen molar-refractivity contribution in [1.29, 1.82) is 0 Å². The van der Waals surface area contributed by atoms with Crippen molar-refractivity contribution in [2.24, 2.45) is 0 Å². The predicted molar refractivity (Wildman–Crippen MR) is 75.4 cm³/mol. The van der Waals surface area contributed by atoms with Crippen molar-refractivity contribution < 1.29 is 9.18 Å². The van der Waals surface area contributed by atoms with E-state index in [4.69, 9.17) is 5.73 Å². The summed E-state index contributed by atoms with van der Waals surface area (Å²) in [6, 6.07) is 4.74. The van der Waals surface area contributed by atoms with Gasteiger partial charge in [-0.2, -0.15) is 0 Å². The first-order chi connectivity index (χ1) is 8.99. The lowest BCUT2D eigenvalue weighted by Crippen LogP contribution is -2.15. The third-order valence-corrected chi connectivity index (χ3v) is 3.14. The lowest BCUT2D eigenvalue weighted by atomic mass is 10.1. The number of pyridine rings is 1. The normalized spacial score (nSPS) is 10.3. The van der Waals surface area contributed by atoms with Crippen molar-refractivity contribution >= 4 is 33.2 Å². The van der Waals surface area contributed by atoms with Gasteiger partial charge in [0.15, 0.2) is 5.82 Å². The number of aromatic nitrogens is 1. The molecule has 0 saturated carbocycles. The topological polar surface area (TPSA) is 68.0 Å². The maximum Gasteiger partial charge on any atom is 0.256 e. The van der Waals surface area contributed by atoms with Crippen molar-refractivity contribution in [3.05, 3.63) is 52.0 Å². The van der Waals surface area contributed by atoms with Gasteiger partial charge in [-0.1, -0.05) is 15.9 Å². The van der Waals surface area contributed by atoms with E-state index >= 15 is 0 Å². The number of carbonyl (C=O) groups excluding carboxylic acids is 1. The number of carbonyl (C=O) groups is 1. The first-order valence-electron chi connectivity index (χ1n) is 5.45. The molecule has 2 rings (SSSR count). The van der Waals surface area contributed by atoms with Crippen LogP contribution >= 0.6 is 15.9 Å². The Morgan fingerprint density at radius 2 is 2.21 bits per heavy atom. The Labute approximate surface area is 118 Å². The third kappa shape index (κ3) is 2.90. The number of nitrogens with zero attached hydrogens (tertiary/aromatic N) is 1. The van der Waals surface area contributed by atoms with E-state index in [1.807, 2.05) is 0 Å². The van der Waals surface area contributed by atoms with E-state index in [9.17, 15) is 9.18 Å². The molecule has 1 aromatic heterocycles. The van der Waals surface area contributed by atoms with Gasteiger partial charge in [0.25, 0.3) is 5.91 Å². The van der Waals surface area contributed by atoms with Crippen LogP contribution in [0.5, 0.6) is 0 Å². The van der Waals surface area contributed by atoms with Gasteiger partial charge in [-0.15, -0.1) is 0 Å². The minimum absolute atomic E-state index is 0.0814. The minimum atomic E-state index is -0.587. The molecule has 1 heterocycles. The van der Waals surface area contributed by atoms with E-state index < -0.39 is 11.7 Å². The number of nitrogen functional groups attached to an aromatic ring is 1. The van der Waals surface area contributed by atoms with Crippen LogP contribution in [-0.4, -0.2) is 10.9 Å². The molecule has 0 aliphatic heterocycles. The molecule has 0 atom stereocenters. The molecule has 0 spiro atoms. The minimum Gasteiger partial charge on any atom is -0.398 e. The summed E-state index contributed by atoms with van der Waals surface area (Å²) >= 11 is 3.27. The molecule has 4 nitrogen and oxygen atoms in total. The summed E-state index contributed by atoms with van der Waals surface area (Å²) in [4.78, 5) is 15.7. The van der Waals surface area contributed by atoms with Gasteiger partial charge in [-0.05, 0) is 30.7 Å². The van der Waals surface area contributed by atoms with Crippen LogP contribution in [0.2, 0.25) is 0 Å². The smallest absolute Gasteiger partial charge is 0.256 e. The molecule has 0 saturated heterocycles. The van der Waals surface area contributed by atoms with Gasteiger partial charge in [0.1, 0.15) is 0 Å². The predicted octanol–water partition coefficient (Wildman–Crippen LogP) is 3.13. The van der Waals surface area contributed by atoms with E-state index in [2.05, 4.69) is 26.2 Å². The third-order valence-electron chi connectivity index (χ3n) is 2.68. The van der Waals surface area contributed by atoms with E-state index in [1.165, 1.54) is 12.3 Å². The summed E-state index contributed by atoms with van der Waals surface area (Å²) in [5.74, 6) is -1.01. The van der Waals surface area contributed by atoms with Crippen LogP contribution in [0.3, 0.4) is 0 Å². The molecule has 19 heavy (non-hydrogen) atoms. The first kappa shape index (κ1) is 13.5. The van der Waals surface area contributed by atoms with Crippen molar-refractivity contribution in [3.8, 4) is 0 Å². The fraction of sp³-hybridized carbons (Fsp3) is 0.0769. The van der Waals surface area contributed by atoms with Gasteiger partial charge >= 0.3 is 0 Å². The van der Waals surface area contributed by atoms with E-state index in [0.29, 0.717) is 21.3 Å². The fourth-order valence-corrected chi connectivity index (χ4v) is 2.08. The molecular formula is C13H11BrFN3O. The summed E-state index contributed by atoms with van der Waals surface area (Å²) in [6.07, 6.45) is 2.44. The number of hydrogen-bond acceptors (Lipinski definition) is 3. The van der Waals surface area contributed by atoms with Crippen LogP contribution < -0.4 is 11.1 Å². The van der Waals surface area contributed by atoms with Crippen molar-refractivity contribution in [1.82, 2.24) is 4.98 Å². The van der Waals surface area contributed by atoms with Crippen LogP contribution in [0.15, 0.2) is 35.1 Å². The Hall–Kier alpha value is -1.95. The largest absolute Gasteiger partial charge is 0.398 e. The lowest BCUT2D eigenvalue weighted by molar-refractivity contribution is 0.102. The Morgan fingerprint density at radius 3 is 2.89 bits per heavy atom. The standard InChI is InChI=1S/C13H11BrFN3O/c1-7-9(4-8(14)5-11(7)16)13(19)18-12-2-3-17-6-10(12)15/h2-6H,16H2,1H3,(H,17,18,19). The van der Waals surface area contributed by atoms with Crippen LogP contribution in [0.4, 0.5) is 15.8 Å². The number of amides is 1. The van der Waals surface area contributed by atoms with Crippen LogP contribution in [0, 0.1) is 12.7 Å². The average molecular weight is 324 g/mol. The fourth-order valence-electron chi connectivity index (χ4n) is 1.60. The number of nitrogens with two attached hydrogens (primary N) is 1. The van der Waals surface area contributed by atoms with E-state index in [1.54, 1.807) is 19.1 Å². The van der Waals surface area contributed by atoms with Crippen LogP contribution in [0.25, 0.3) is 0 Å². The molecule has 0 aliphatic carbocycles. The van der Waals surface area contributed by atoms with Gasteiger partial charge in [0.05, 0.1) is 11.9 Å². The molecule has 3 N–H and O–H groups in total. The highest BCUT2D eigenvalue weighted by molar-refractivity contribution is 9.10.